The Labute approximate surface area is 174 Å². The molecule has 4 saturated carbocycles. The summed E-state index contributed by atoms with van der Waals surface area (Å²) in [6.07, 6.45) is 7.10. The summed E-state index contributed by atoms with van der Waals surface area (Å²) >= 11 is 0. The molecule has 2 amide bonds. The van der Waals surface area contributed by atoms with Gasteiger partial charge in [0.25, 0.3) is 5.91 Å². The van der Waals surface area contributed by atoms with Crippen LogP contribution in [0.25, 0.3) is 0 Å². The van der Waals surface area contributed by atoms with E-state index in [1.54, 1.807) is 0 Å². The predicted molar refractivity (Wildman–Crippen MR) is 117 cm³/mol. The minimum absolute atomic E-state index is 0.0895. The van der Waals surface area contributed by atoms with Crippen LogP contribution in [0.1, 0.15) is 62.7 Å². The largest absolute Gasteiger partial charge is 0.377 e. The first-order valence-electron chi connectivity index (χ1n) is 11.2. The highest BCUT2D eigenvalue weighted by molar-refractivity contribution is 6.02. The van der Waals surface area contributed by atoms with Crippen molar-refractivity contribution in [1.29, 1.82) is 0 Å². The maximum Gasteiger partial charge on any atom is 0.253 e. The maximum atomic E-state index is 13.4. The van der Waals surface area contributed by atoms with E-state index < -0.39 is 0 Å². The molecule has 5 heteroatoms. The molecule has 0 unspecified atom stereocenters. The Bertz CT molecular complexity index is 764. The smallest absolute Gasteiger partial charge is 0.253 e. The van der Waals surface area contributed by atoms with Crippen LogP contribution in [0, 0.1) is 29.1 Å². The molecule has 5 rings (SSSR count). The standard InChI is InChI=1S/C24H35N3O2/c1-15(2)14-25-22(28)20-10-19(5-6-21(20)27(3)4)26-23(29)24-11-16-7-17(12-24)9-18(8-16)13-24/h5-6,10,15-18H,7-9,11-14H2,1-4H3,(H,25,28)(H,26,29). The van der Waals surface area contributed by atoms with E-state index in [1.807, 2.05) is 37.2 Å². The minimum Gasteiger partial charge on any atom is -0.377 e. The number of rotatable bonds is 6. The van der Waals surface area contributed by atoms with Crippen molar-refractivity contribution in [3.8, 4) is 0 Å². The van der Waals surface area contributed by atoms with Gasteiger partial charge in [-0.3, -0.25) is 9.59 Å². The summed E-state index contributed by atoms with van der Waals surface area (Å²) in [6, 6.07) is 5.69. The molecule has 0 saturated heterocycles. The number of anilines is 2. The van der Waals surface area contributed by atoms with Gasteiger partial charge >= 0.3 is 0 Å². The Morgan fingerprint density at radius 1 is 1.07 bits per heavy atom. The summed E-state index contributed by atoms with van der Waals surface area (Å²) in [4.78, 5) is 28.1. The monoisotopic (exact) mass is 397 g/mol. The number of carbonyl (C=O) groups is 2. The molecule has 0 heterocycles. The van der Waals surface area contributed by atoms with Crippen LogP contribution in [0.15, 0.2) is 18.2 Å². The second-order valence-electron chi connectivity index (χ2n) is 10.4. The average Bonchev–Trinajstić information content (AvgIpc) is 2.64. The van der Waals surface area contributed by atoms with E-state index >= 15 is 0 Å². The van der Waals surface area contributed by atoms with Gasteiger partial charge in [0.15, 0.2) is 0 Å². The first kappa shape index (κ1) is 20.2. The zero-order chi connectivity index (χ0) is 20.8. The Kier molecular flexibility index (Phi) is 5.34. The van der Waals surface area contributed by atoms with Crippen LogP contribution in [-0.4, -0.2) is 32.5 Å². The molecule has 158 valence electrons. The minimum atomic E-state index is -0.185. The molecule has 1 aromatic carbocycles. The van der Waals surface area contributed by atoms with E-state index in [9.17, 15) is 9.59 Å². The highest BCUT2D eigenvalue weighted by Gasteiger charge is 2.54. The molecule has 0 spiro atoms. The van der Waals surface area contributed by atoms with Crippen molar-refractivity contribution in [3.05, 3.63) is 23.8 Å². The third kappa shape index (κ3) is 4.01. The van der Waals surface area contributed by atoms with E-state index in [1.165, 1.54) is 19.3 Å². The fourth-order valence-electron chi connectivity index (χ4n) is 6.23. The van der Waals surface area contributed by atoms with Gasteiger partial charge in [-0.05, 0) is 80.4 Å². The quantitative estimate of drug-likeness (QED) is 0.753. The molecule has 4 aliphatic carbocycles. The zero-order valence-corrected chi connectivity index (χ0v) is 18.3. The number of amides is 2. The van der Waals surface area contributed by atoms with Gasteiger partial charge in [0.1, 0.15) is 0 Å². The van der Waals surface area contributed by atoms with Crippen LogP contribution in [0.4, 0.5) is 11.4 Å². The van der Waals surface area contributed by atoms with Gasteiger partial charge in [-0.1, -0.05) is 13.8 Å². The third-order valence-corrected chi connectivity index (χ3v) is 7.17. The number of carbonyl (C=O) groups excluding carboxylic acids is 2. The molecule has 1 aromatic rings. The molecule has 2 N–H and O–H groups in total. The number of benzene rings is 1. The number of nitrogens with zero attached hydrogens (tertiary/aromatic N) is 1. The van der Waals surface area contributed by atoms with E-state index in [-0.39, 0.29) is 17.2 Å². The molecule has 0 aliphatic heterocycles. The highest BCUT2D eigenvalue weighted by Crippen LogP contribution is 2.60. The summed E-state index contributed by atoms with van der Waals surface area (Å²) in [6.45, 7) is 4.79. The van der Waals surface area contributed by atoms with Gasteiger partial charge in [-0.15, -0.1) is 0 Å². The van der Waals surface area contributed by atoms with Gasteiger partial charge in [0.2, 0.25) is 5.91 Å². The Morgan fingerprint density at radius 3 is 2.17 bits per heavy atom. The molecule has 0 aromatic heterocycles. The summed E-state index contributed by atoms with van der Waals surface area (Å²) in [7, 11) is 3.87. The molecular weight excluding hydrogens is 362 g/mol. The van der Waals surface area contributed by atoms with E-state index in [0.717, 1.165) is 48.4 Å². The van der Waals surface area contributed by atoms with E-state index in [2.05, 4.69) is 24.5 Å². The zero-order valence-electron chi connectivity index (χ0n) is 18.3. The number of hydrogen-bond donors (Lipinski definition) is 2. The summed E-state index contributed by atoms with van der Waals surface area (Å²) in [5, 5.41) is 6.19. The number of nitrogens with one attached hydrogen (secondary N) is 2. The average molecular weight is 398 g/mol. The lowest BCUT2D eigenvalue weighted by Crippen LogP contribution is -2.51. The van der Waals surface area contributed by atoms with Gasteiger partial charge < -0.3 is 15.5 Å². The second kappa shape index (κ2) is 7.66. The molecule has 29 heavy (non-hydrogen) atoms. The first-order chi connectivity index (χ1) is 13.8. The van der Waals surface area contributed by atoms with Crippen molar-refractivity contribution < 1.29 is 9.59 Å². The highest BCUT2D eigenvalue weighted by atomic mass is 16.2. The topological polar surface area (TPSA) is 61.4 Å². The van der Waals surface area contributed by atoms with Crippen LogP contribution >= 0.6 is 0 Å². The predicted octanol–water partition coefficient (Wildman–Crippen LogP) is 4.29. The molecule has 5 nitrogen and oxygen atoms in total. The van der Waals surface area contributed by atoms with Crippen LogP contribution in [0.2, 0.25) is 0 Å². The van der Waals surface area contributed by atoms with Gasteiger partial charge in [-0.2, -0.15) is 0 Å². The van der Waals surface area contributed by atoms with E-state index in [0.29, 0.717) is 18.0 Å². The molecule has 0 atom stereocenters. The lowest BCUT2D eigenvalue weighted by Gasteiger charge is -2.55. The van der Waals surface area contributed by atoms with Crippen LogP contribution in [0.3, 0.4) is 0 Å². The van der Waals surface area contributed by atoms with Crippen molar-refractivity contribution in [3.63, 3.8) is 0 Å². The second-order valence-corrected chi connectivity index (χ2v) is 10.4. The van der Waals surface area contributed by atoms with E-state index in [4.69, 9.17) is 0 Å². The van der Waals surface area contributed by atoms with Crippen molar-refractivity contribution in [2.75, 3.05) is 30.9 Å². The van der Waals surface area contributed by atoms with Crippen LogP contribution < -0.4 is 15.5 Å². The third-order valence-electron chi connectivity index (χ3n) is 7.17. The van der Waals surface area contributed by atoms with Crippen molar-refractivity contribution in [1.82, 2.24) is 5.32 Å². The van der Waals surface area contributed by atoms with Gasteiger partial charge in [0.05, 0.1) is 11.0 Å². The molecule has 0 radical (unpaired) electrons. The Morgan fingerprint density at radius 2 is 1.66 bits per heavy atom. The number of hydrogen-bond acceptors (Lipinski definition) is 3. The van der Waals surface area contributed by atoms with Crippen molar-refractivity contribution >= 4 is 23.2 Å². The SMILES string of the molecule is CC(C)CNC(=O)c1cc(NC(=O)C23CC4CC(CC(C4)C2)C3)ccc1N(C)C. The fourth-order valence-corrected chi connectivity index (χ4v) is 6.23. The maximum absolute atomic E-state index is 13.4. The normalized spacial score (nSPS) is 29.8. The molecule has 4 bridgehead atoms. The molecule has 4 fully saturated rings. The lowest BCUT2D eigenvalue weighted by molar-refractivity contribution is -0.140. The Balaban J connectivity index is 1.53. The molecular formula is C24H35N3O2. The van der Waals surface area contributed by atoms with Crippen LogP contribution in [-0.2, 0) is 4.79 Å². The van der Waals surface area contributed by atoms with Crippen LogP contribution in [0.5, 0.6) is 0 Å². The fraction of sp³-hybridized carbons (Fsp3) is 0.667. The Hall–Kier alpha value is -2.04. The van der Waals surface area contributed by atoms with Crippen molar-refractivity contribution in [2.24, 2.45) is 29.1 Å². The first-order valence-corrected chi connectivity index (χ1v) is 11.2. The van der Waals surface area contributed by atoms with Gasteiger partial charge in [-0.25, -0.2) is 0 Å². The summed E-state index contributed by atoms with van der Waals surface area (Å²) < 4.78 is 0. The lowest BCUT2D eigenvalue weighted by atomic mass is 9.49. The van der Waals surface area contributed by atoms with Crippen molar-refractivity contribution in [2.45, 2.75) is 52.4 Å². The summed E-state index contributed by atoms with van der Waals surface area (Å²) in [5.41, 5.74) is 2.01. The molecule has 4 aliphatic rings. The van der Waals surface area contributed by atoms with Gasteiger partial charge in [0, 0.05) is 32.0 Å². The summed E-state index contributed by atoms with van der Waals surface area (Å²) in [5.74, 6) is 2.68.